The molecule has 0 radical (unpaired) electrons. The summed E-state index contributed by atoms with van der Waals surface area (Å²) in [6.45, 7) is 1.81. The fourth-order valence-electron chi connectivity index (χ4n) is 1.68. The number of carbonyl (C=O) groups excluding carboxylic acids is 2. The Morgan fingerprint density at radius 3 is 2.63 bits per heavy atom. The summed E-state index contributed by atoms with van der Waals surface area (Å²) in [6.07, 6.45) is 0.352. The number of hydrogen-bond donors (Lipinski definition) is 1. The summed E-state index contributed by atoms with van der Waals surface area (Å²) >= 11 is 0. The van der Waals surface area contributed by atoms with E-state index in [0.29, 0.717) is 12.0 Å². The van der Waals surface area contributed by atoms with E-state index in [1.54, 1.807) is 37.3 Å². The number of benzene rings is 1. The topological polar surface area (TPSA) is 81.2 Å². The Morgan fingerprint density at radius 2 is 2.05 bits per heavy atom. The summed E-state index contributed by atoms with van der Waals surface area (Å²) in [7, 11) is 0. The summed E-state index contributed by atoms with van der Waals surface area (Å²) in [4.78, 5) is 34.6. The molecule has 1 heterocycles. The van der Waals surface area contributed by atoms with E-state index >= 15 is 0 Å². The molecule has 0 bridgehead atoms. The maximum Gasteiger partial charge on any atom is 0.357 e. The summed E-state index contributed by atoms with van der Waals surface area (Å²) in [5.74, 6) is -0.726. The molecule has 98 valence electrons. The van der Waals surface area contributed by atoms with E-state index in [0.717, 1.165) is 4.68 Å². The molecule has 0 unspecified atom stereocenters. The highest BCUT2D eigenvalue weighted by atomic mass is 16.5. The van der Waals surface area contributed by atoms with Crippen LogP contribution in [-0.4, -0.2) is 28.6 Å². The van der Waals surface area contributed by atoms with Crippen LogP contribution in [0.15, 0.2) is 35.1 Å². The Bertz CT molecular complexity index is 655. The van der Waals surface area contributed by atoms with Gasteiger partial charge in [-0.3, -0.25) is 14.7 Å². The maximum absolute atomic E-state index is 12.0. The van der Waals surface area contributed by atoms with Crippen molar-refractivity contribution < 1.29 is 14.3 Å². The van der Waals surface area contributed by atoms with Gasteiger partial charge in [-0.2, -0.15) is 0 Å². The number of esters is 1. The van der Waals surface area contributed by atoms with Gasteiger partial charge in [0.15, 0.2) is 12.0 Å². The molecular formula is C13H12N2O4. The van der Waals surface area contributed by atoms with E-state index in [9.17, 15) is 14.4 Å². The van der Waals surface area contributed by atoms with Crippen LogP contribution in [0.4, 0.5) is 0 Å². The Morgan fingerprint density at radius 1 is 1.37 bits per heavy atom. The van der Waals surface area contributed by atoms with Crippen molar-refractivity contribution in [2.45, 2.75) is 6.92 Å². The lowest BCUT2D eigenvalue weighted by molar-refractivity contribution is 0.0517. The molecule has 2 aromatic rings. The van der Waals surface area contributed by atoms with Gasteiger partial charge in [-0.25, -0.2) is 9.48 Å². The Labute approximate surface area is 108 Å². The monoisotopic (exact) mass is 260 g/mol. The predicted octanol–water partition coefficient (Wildman–Crippen LogP) is 1.15. The molecule has 0 aliphatic carbocycles. The van der Waals surface area contributed by atoms with E-state index in [1.165, 1.54) is 0 Å². The molecule has 0 saturated carbocycles. The second-order valence-corrected chi connectivity index (χ2v) is 3.71. The first-order chi connectivity index (χ1) is 9.19. The zero-order valence-corrected chi connectivity index (χ0v) is 10.3. The summed E-state index contributed by atoms with van der Waals surface area (Å²) in [6, 6.07) is 8.65. The highest BCUT2D eigenvalue weighted by molar-refractivity contribution is 5.96. The smallest absolute Gasteiger partial charge is 0.357 e. The van der Waals surface area contributed by atoms with Crippen LogP contribution < -0.4 is 5.56 Å². The van der Waals surface area contributed by atoms with Gasteiger partial charge >= 0.3 is 5.97 Å². The highest BCUT2D eigenvalue weighted by Crippen LogP contribution is 2.07. The minimum atomic E-state index is -0.726. The molecule has 2 rings (SSSR count). The Hall–Kier alpha value is -2.63. The fourth-order valence-corrected chi connectivity index (χ4v) is 1.68. The second kappa shape index (κ2) is 5.34. The third-order valence-corrected chi connectivity index (χ3v) is 2.54. The average molecular weight is 260 g/mol. The first kappa shape index (κ1) is 12.8. The third kappa shape index (κ3) is 2.33. The fraction of sp³-hybridized carbons (Fsp3) is 0.154. The van der Waals surface area contributed by atoms with Crippen molar-refractivity contribution in [2.24, 2.45) is 0 Å². The van der Waals surface area contributed by atoms with Crippen LogP contribution in [0.1, 0.15) is 27.8 Å². The molecule has 0 saturated heterocycles. The number of nitrogens with one attached hydrogen (secondary N) is 1. The zero-order chi connectivity index (χ0) is 13.8. The maximum atomic E-state index is 12.0. The van der Waals surface area contributed by atoms with Crippen molar-refractivity contribution in [3.05, 3.63) is 51.9 Å². The summed E-state index contributed by atoms with van der Waals surface area (Å²) in [5.41, 5.74) is -0.414. The molecule has 0 spiro atoms. The number of carbonyl (C=O) groups is 2. The SMILES string of the molecule is CCOC(=O)c1[nH]n(-c2ccccc2)c(=O)c1C=O. The lowest BCUT2D eigenvalue weighted by atomic mass is 10.2. The summed E-state index contributed by atoms with van der Waals surface area (Å²) < 4.78 is 5.93. The van der Waals surface area contributed by atoms with Gasteiger partial charge in [0.25, 0.3) is 5.56 Å². The van der Waals surface area contributed by atoms with Crippen molar-refractivity contribution in [1.29, 1.82) is 0 Å². The van der Waals surface area contributed by atoms with Crippen molar-refractivity contribution in [1.82, 2.24) is 9.78 Å². The molecular weight excluding hydrogens is 248 g/mol. The Kier molecular flexibility index (Phi) is 3.61. The van der Waals surface area contributed by atoms with Crippen LogP contribution >= 0.6 is 0 Å². The van der Waals surface area contributed by atoms with Gasteiger partial charge < -0.3 is 4.74 Å². The molecule has 19 heavy (non-hydrogen) atoms. The molecule has 0 aliphatic heterocycles. The number of para-hydroxylation sites is 1. The quantitative estimate of drug-likeness (QED) is 0.660. The number of aldehydes is 1. The number of aromatic amines is 1. The number of hydrogen-bond acceptors (Lipinski definition) is 4. The minimum absolute atomic E-state index is 0.134. The molecule has 0 amide bonds. The first-order valence-corrected chi connectivity index (χ1v) is 5.71. The van der Waals surface area contributed by atoms with Crippen molar-refractivity contribution in [3.8, 4) is 5.69 Å². The molecule has 0 atom stereocenters. The normalized spacial score (nSPS) is 10.2. The van der Waals surface area contributed by atoms with Crippen molar-refractivity contribution >= 4 is 12.3 Å². The van der Waals surface area contributed by atoms with Crippen LogP contribution in [0.25, 0.3) is 5.69 Å². The molecule has 1 N–H and O–H groups in total. The van der Waals surface area contributed by atoms with Gasteiger partial charge in [0.1, 0.15) is 5.56 Å². The molecule has 6 heteroatoms. The average Bonchev–Trinajstić information content (AvgIpc) is 2.77. The van der Waals surface area contributed by atoms with Gasteiger partial charge in [0, 0.05) is 0 Å². The van der Waals surface area contributed by atoms with Gasteiger partial charge in [0.2, 0.25) is 0 Å². The van der Waals surface area contributed by atoms with Gasteiger partial charge in [-0.05, 0) is 19.1 Å². The largest absolute Gasteiger partial charge is 0.461 e. The number of nitrogens with zero attached hydrogens (tertiary/aromatic N) is 1. The lowest BCUT2D eigenvalue weighted by Crippen LogP contribution is -2.17. The van der Waals surface area contributed by atoms with E-state index in [-0.39, 0.29) is 17.9 Å². The number of rotatable bonds is 4. The standard InChI is InChI=1S/C13H12N2O4/c1-2-19-13(18)11-10(8-16)12(17)15(14-11)9-6-4-3-5-7-9/h3-8,14H,2H2,1H3. The van der Waals surface area contributed by atoms with E-state index in [1.807, 2.05) is 0 Å². The minimum Gasteiger partial charge on any atom is -0.461 e. The van der Waals surface area contributed by atoms with Gasteiger partial charge in [-0.1, -0.05) is 18.2 Å². The second-order valence-electron chi connectivity index (χ2n) is 3.71. The van der Waals surface area contributed by atoms with E-state index < -0.39 is 11.5 Å². The van der Waals surface area contributed by atoms with Crippen LogP contribution in [0.2, 0.25) is 0 Å². The van der Waals surface area contributed by atoms with E-state index in [4.69, 9.17) is 4.74 Å². The molecule has 1 aromatic heterocycles. The van der Waals surface area contributed by atoms with Gasteiger partial charge in [-0.15, -0.1) is 0 Å². The van der Waals surface area contributed by atoms with Crippen molar-refractivity contribution in [2.75, 3.05) is 6.61 Å². The van der Waals surface area contributed by atoms with Crippen LogP contribution in [0, 0.1) is 0 Å². The third-order valence-electron chi connectivity index (χ3n) is 2.54. The Balaban J connectivity index is 2.57. The molecule has 1 aromatic carbocycles. The number of ether oxygens (including phenoxy) is 1. The van der Waals surface area contributed by atoms with Crippen LogP contribution in [0.3, 0.4) is 0 Å². The molecule has 6 nitrogen and oxygen atoms in total. The van der Waals surface area contributed by atoms with Crippen LogP contribution in [-0.2, 0) is 4.74 Å². The lowest BCUT2D eigenvalue weighted by Gasteiger charge is -2.01. The number of aromatic nitrogens is 2. The molecule has 0 fully saturated rings. The first-order valence-electron chi connectivity index (χ1n) is 5.71. The van der Waals surface area contributed by atoms with Crippen LogP contribution in [0.5, 0.6) is 0 Å². The zero-order valence-electron chi connectivity index (χ0n) is 10.3. The highest BCUT2D eigenvalue weighted by Gasteiger charge is 2.21. The van der Waals surface area contributed by atoms with E-state index in [2.05, 4.69) is 5.10 Å². The van der Waals surface area contributed by atoms with Gasteiger partial charge in [0.05, 0.1) is 12.3 Å². The predicted molar refractivity (Wildman–Crippen MR) is 67.7 cm³/mol. The summed E-state index contributed by atoms with van der Waals surface area (Å²) in [5, 5.41) is 2.60. The molecule has 0 aliphatic rings. The van der Waals surface area contributed by atoms with Crippen molar-refractivity contribution in [3.63, 3.8) is 0 Å². The number of H-pyrrole nitrogens is 1.